The minimum Gasteiger partial charge on any atom is -0.341 e. The van der Waals surface area contributed by atoms with Crippen molar-refractivity contribution in [1.82, 2.24) is 15.1 Å². The molecule has 2 aliphatic rings. The highest BCUT2D eigenvalue weighted by Gasteiger charge is 2.24. The van der Waals surface area contributed by atoms with Crippen LogP contribution in [0.4, 0.5) is 10.3 Å². The van der Waals surface area contributed by atoms with E-state index in [0.29, 0.717) is 29.8 Å². The number of hydrogen-bond acceptors (Lipinski definition) is 6. The van der Waals surface area contributed by atoms with Crippen LogP contribution < -0.4 is 9.80 Å². The Kier molecular flexibility index (Phi) is 5.09. The number of likely N-dealkylation sites (N-methyl/N-ethyl adjacent to an activating group) is 1. The summed E-state index contributed by atoms with van der Waals surface area (Å²) < 4.78 is 0. The number of rotatable bonds is 4. The summed E-state index contributed by atoms with van der Waals surface area (Å²) in [6, 6.07) is 0. The second-order valence-electron chi connectivity index (χ2n) is 6.17. The number of piperidine rings is 2. The van der Waals surface area contributed by atoms with Gasteiger partial charge in [-0.2, -0.15) is 0 Å². The van der Waals surface area contributed by atoms with Crippen LogP contribution in [0, 0.1) is 0 Å². The second-order valence-corrected chi connectivity index (χ2v) is 7.10. The average Bonchev–Trinajstić information content (AvgIpc) is 3.06. The van der Waals surface area contributed by atoms with Crippen molar-refractivity contribution < 1.29 is 9.59 Å². The number of anilines is 2. The van der Waals surface area contributed by atoms with Crippen LogP contribution in [0.1, 0.15) is 38.5 Å². The fraction of sp³-hybridized carbons (Fsp3) is 0.733. The van der Waals surface area contributed by atoms with Gasteiger partial charge in [0.25, 0.3) is 0 Å². The first-order chi connectivity index (χ1) is 11.1. The molecule has 126 valence electrons. The maximum atomic E-state index is 12.3. The van der Waals surface area contributed by atoms with Crippen molar-refractivity contribution >= 4 is 33.4 Å². The van der Waals surface area contributed by atoms with Crippen LogP contribution >= 0.6 is 11.3 Å². The van der Waals surface area contributed by atoms with Gasteiger partial charge in [0.1, 0.15) is 0 Å². The molecule has 2 aliphatic heterocycles. The van der Waals surface area contributed by atoms with Crippen molar-refractivity contribution in [2.75, 3.05) is 43.0 Å². The molecular weight excluding hydrogens is 314 g/mol. The Morgan fingerprint density at radius 2 is 1.87 bits per heavy atom. The van der Waals surface area contributed by atoms with E-state index >= 15 is 0 Å². The molecule has 0 unspecified atom stereocenters. The van der Waals surface area contributed by atoms with Crippen molar-refractivity contribution in [3.05, 3.63) is 0 Å². The van der Waals surface area contributed by atoms with E-state index in [1.54, 1.807) is 4.90 Å². The molecule has 3 heterocycles. The standard InChI is InChI=1S/C15H23N5O2S/c1-18(11-13(22)19-8-4-2-5-9-19)14-16-17-15(23-14)20-10-6-3-7-12(20)21/h2-11H2,1H3. The number of amides is 2. The van der Waals surface area contributed by atoms with Crippen molar-refractivity contribution in [3.63, 3.8) is 0 Å². The summed E-state index contributed by atoms with van der Waals surface area (Å²) in [5, 5.41) is 9.62. The summed E-state index contributed by atoms with van der Waals surface area (Å²) in [4.78, 5) is 29.7. The van der Waals surface area contributed by atoms with Crippen LogP contribution in [-0.2, 0) is 9.59 Å². The van der Waals surface area contributed by atoms with E-state index in [1.807, 2.05) is 16.8 Å². The molecule has 1 aromatic rings. The maximum absolute atomic E-state index is 12.3. The lowest BCUT2D eigenvalue weighted by molar-refractivity contribution is -0.130. The quantitative estimate of drug-likeness (QED) is 0.833. The molecule has 0 N–H and O–H groups in total. The van der Waals surface area contributed by atoms with E-state index in [-0.39, 0.29) is 11.8 Å². The first-order valence-corrected chi connectivity index (χ1v) is 9.09. The fourth-order valence-corrected chi connectivity index (χ4v) is 3.84. The summed E-state index contributed by atoms with van der Waals surface area (Å²) in [5.41, 5.74) is 0. The summed E-state index contributed by atoms with van der Waals surface area (Å²) >= 11 is 1.38. The molecule has 0 atom stereocenters. The van der Waals surface area contributed by atoms with Gasteiger partial charge in [0.2, 0.25) is 22.1 Å². The zero-order valence-corrected chi connectivity index (χ0v) is 14.3. The van der Waals surface area contributed by atoms with Gasteiger partial charge in [0.15, 0.2) is 0 Å². The van der Waals surface area contributed by atoms with E-state index < -0.39 is 0 Å². The monoisotopic (exact) mass is 337 g/mol. The number of carbonyl (C=O) groups excluding carboxylic acids is 2. The number of hydrogen-bond donors (Lipinski definition) is 0. The Hall–Kier alpha value is -1.70. The predicted molar refractivity (Wildman–Crippen MR) is 89.8 cm³/mol. The molecule has 7 nitrogen and oxygen atoms in total. The van der Waals surface area contributed by atoms with Gasteiger partial charge in [-0.15, -0.1) is 10.2 Å². The number of aromatic nitrogens is 2. The molecule has 8 heteroatoms. The van der Waals surface area contributed by atoms with Crippen molar-refractivity contribution in [2.24, 2.45) is 0 Å². The highest BCUT2D eigenvalue weighted by molar-refractivity contribution is 7.19. The Bertz CT molecular complexity index is 570. The number of carbonyl (C=O) groups is 2. The molecule has 2 saturated heterocycles. The minimum absolute atomic E-state index is 0.117. The third-order valence-corrected chi connectivity index (χ3v) is 5.43. The van der Waals surface area contributed by atoms with Gasteiger partial charge in [-0.25, -0.2) is 0 Å². The predicted octanol–water partition coefficient (Wildman–Crippen LogP) is 1.50. The largest absolute Gasteiger partial charge is 0.341 e. The van der Waals surface area contributed by atoms with Gasteiger partial charge in [-0.05, 0) is 32.1 Å². The topological polar surface area (TPSA) is 69.6 Å². The molecule has 0 saturated carbocycles. The van der Waals surface area contributed by atoms with Crippen molar-refractivity contribution in [3.8, 4) is 0 Å². The van der Waals surface area contributed by atoms with E-state index in [1.165, 1.54) is 17.8 Å². The molecular formula is C15H23N5O2S. The van der Waals surface area contributed by atoms with E-state index in [4.69, 9.17) is 0 Å². The van der Waals surface area contributed by atoms with Crippen LogP contribution in [-0.4, -0.2) is 60.1 Å². The Morgan fingerprint density at radius 3 is 2.61 bits per heavy atom. The Balaban J connectivity index is 1.60. The molecule has 0 aliphatic carbocycles. The van der Waals surface area contributed by atoms with E-state index in [0.717, 1.165) is 38.8 Å². The van der Waals surface area contributed by atoms with E-state index in [2.05, 4.69) is 10.2 Å². The lowest BCUT2D eigenvalue weighted by atomic mass is 10.1. The molecule has 23 heavy (non-hydrogen) atoms. The third-order valence-electron chi connectivity index (χ3n) is 4.37. The highest BCUT2D eigenvalue weighted by Crippen LogP contribution is 2.29. The van der Waals surface area contributed by atoms with E-state index in [9.17, 15) is 9.59 Å². The molecule has 2 fully saturated rings. The van der Waals surface area contributed by atoms with Gasteiger partial charge < -0.3 is 9.80 Å². The van der Waals surface area contributed by atoms with Gasteiger partial charge >= 0.3 is 0 Å². The van der Waals surface area contributed by atoms with Crippen LogP contribution in [0.5, 0.6) is 0 Å². The number of nitrogens with zero attached hydrogens (tertiary/aromatic N) is 5. The zero-order valence-electron chi connectivity index (χ0n) is 13.5. The highest BCUT2D eigenvalue weighted by atomic mass is 32.1. The lowest BCUT2D eigenvalue weighted by Crippen LogP contribution is -2.41. The summed E-state index contributed by atoms with van der Waals surface area (Å²) in [6.07, 6.45) is 5.93. The second kappa shape index (κ2) is 7.25. The average molecular weight is 337 g/mol. The molecule has 0 aromatic carbocycles. The third kappa shape index (κ3) is 3.80. The van der Waals surface area contributed by atoms with Gasteiger partial charge in [0, 0.05) is 33.1 Å². The van der Waals surface area contributed by atoms with Crippen molar-refractivity contribution in [2.45, 2.75) is 38.5 Å². The summed E-state index contributed by atoms with van der Waals surface area (Å²) in [7, 11) is 1.85. The zero-order chi connectivity index (χ0) is 16.2. The molecule has 1 aromatic heterocycles. The number of likely N-dealkylation sites (tertiary alicyclic amines) is 1. The molecule has 0 radical (unpaired) electrons. The van der Waals surface area contributed by atoms with Gasteiger partial charge in [0.05, 0.1) is 6.54 Å². The Labute approximate surface area is 140 Å². The van der Waals surface area contributed by atoms with Crippen LogP contribution in [0.2, 0.25) is 0 Å². The van der Waals surface area contributed by atoms with Crippen LogP contribution in [0.15, 0.2) is 0 Å². The first kappa shape index (κ1) is 16.2. The normalized spacial score (nSPS) is 19.1. The Morgan fingerprint density at radius 1 is 1.13 bits per heavy atom. The van der Waals surface area contributed by atoms with Crippen LogP contribution in [0.3, 0.4) is 0 Å². The molecule has 0 bridgehead atoms. The fourth-order valence-electron chi connectivity index (χ4n) is 2.99. The van der Waals surface area contributed by atoms with Crippen molar-refractivity contribution in [1.29, 1.82) is 0 Å². The lowest BCUT2D eigenvalue weighted by Gasteiger charge is -2.28. The van der Waals surface area contributed by atoms with Gasteiger partial charge in [-0.3, -0.25) is 14.5 Å². The maximum Gasteiger partial charge on any atom is 0.242 e. The van der Waals surface area contributed by atoms with Gasteiger partial charge in [-0.1, -0.05) is 11.3 Å². The summed E-state index contributed by atoms with van der Waals surface area (Å²) in [6.45, 7) is 2.74. The minimum atomic E-state index is 0.117. The SMILES string of the molecule is CN(CC(=O)N1CCCCC1)c1nnc(N2CCCCC2=O)s1. The van der Waals surface area contributed by atoms with Crippen LogP contribution in [0.25, 0.3) is 0 Å². The molecule has 2 amide bonds. The molecule has 0 spiro atoms. The summed E-state index contributed by atoms with van der Waals surface area (Å²) in [5.74, 6) is 0.254. The first-order valence-electron chi connectivity index (χ1n) is 8.28. The smallest absolute Gasteiger partial charge is 0.242 e. The molecule has 3 rings (SSSR count).